The smallest absolute Gasteiger partial charge is 0.236 e. The topological polar surface area (TPSA) is 113 Å². The molecule has 2 fully saturated rings. The average molecular weight is 289 g/mol. The van der Waals surface area contributed by atoms with Crippen LogP contribution in [0.5, 0.6) is 0 Å². The van der Waals surface area contributed by atoms with Gasteiger partial charge in [0.25, 0.3) is 0 Å². The van der Waals surface area contributed by atoms with Crippen molar-refractivity contribution in [3.05, 3.63) is 0 Å². The number of amides is 1. The van der Waals surface area contributed by atoms with Crippen LogP contribution in [0.25, 0.3) is 0 Å². The lowest BCUT2D eigenvalue weighted by atomic mass is 9.67. The zero-order valence-corrected chi connectivity index (χ0v) is 11.5. The van der Waals surface area contributed by atoms with Crippen LogP contribution in [0, 0.1) is 5.41 Å². The van der Waals surface area contributed by atoms with Crippen molar-refractivity contribution in [2.24, 2.45) is 16.3 Å². The maximum atomic E-state index is 12.5. The van der Waals surface area contributed by atoms with E-state index in [0.717, 1.165) is 6.42 Å². The highest BCUT2D eigenvalue weighted by Gasteiger charge is 2.50. The fraction of sp³-hybridized carbons (Fsp3) is 0.818. The second-order valence-electron chi connectivity index (χ2n) is 5.22. The van der Waals surface area contributed by atoms with Gasteiger partial charge in [-0.05, 0) is 19.3 Å². The van der Waals surface area contributed by atoms with E-state index in [1.165, 1.54) is 0 Å². The molecule has 1 aliphatic heterocycles. The molecule has 0 unspecified atom stereocenters. The summed E-state index contributed by atoms with van der Waals surface area (Å²) >= 11 is 0. The maximum Gasteiger partial charge on any atom is 0.236 e. The summed E-state index contributed by atoms with van der Waals surface area (Å²) in [7, 11) is -3.05. The predicted molar refractivity (Wildman–Crippen MR) is 69.5 cm³/mol. The molecule has 7 nitrogen and oxygen atoms in total. The van der Waals surface area contributed by atoms with E-state index in [1.807, 2.05) is 0 Å². The van der Waals surface area contributed by atoms with Crippen molar-refractivity contribution in [3.63, 3.8) is 0 Å². The van der Waals surface area contributed by atoms with E-state index in [0.29, 0.717) is 25.8 Å². The number of carbonyl (C=O) groups is 1. The third kappa shape index (κ3) is 2.54. The SMILES string of the molecule is NC(=NO)C1(C(=O)N2CCCS(=O)(=O)CC2)CCC1. The lowest BCUT2D eigenvalue weighted by Gasteiger charge is -2.42. The van der Waals surface area contributed by atoms with Gasteiger partial charge in [-0.25, -0.2) is 8.42 Å². The van der Waals surface area contributed by atoms with E-state index in [1.54, 1.807) is 4.90 Å². The number of hydrogen-bond donors (Lipinski definition) is 2. The Bertz CT molecular complexity index is 496. The van der Waals surface area contributed by atoms with Crippen LogP contribution in [0.2, 0.25) is 0 Å². The molecule has 0 aromatic rings. The molecule has 0 aromatic carbocycles. The summed E-state index contributed by atoms with van der Waals surface area (Å²) in [6, 6.07) is 0. The quantitative estimate of drug-likeness (QED) is 0.309. The summed E-state index contributed by atoms with van der Waals surface area (Å²) in [5.74, 6) is -0.153. The monoisotopic (exact) mass is 289 g/mol. The molecule has 0 radical (unpaired) electrons. The molecule has 3 N–H and O–H groups in total. The number of nitrogens with two attached hydrogens (primary N) is 1. The van der Waals surface area contributed by atoms with E-state index >= 15 is 0 Å². The van der Waals surface area contributed by atoms with E-state index < -0.39 is 15.3 Å². The van der Waals surface area contributed by atoms with Crippen LogP contribution in [0.4, 0.5) is 0 Å². The number of oxime groups is 1. The number of rotatable bonds is 2. The molecular weight excluding hydrogens is 270 g/mol. The molecule has 1 aliphatic carbocycles. The van der Waals surface area contributed by atoms with Gasteiger partial charge in [0.1, 0.15) is 5.41 Å². The average Bonchev–Trinajstić information content (AvgIpc) is 2.48. The number of carbonyl (C=O) groups excluding carboxylic acids is 1. The van der Waals surface area contributed by atoms with Gasteiger partial charge in [0, 0.05) is 13.1 Å². The number of nitrogens with zero attached hydrogens (tertiary/aromatic N) is 2. The third-order valence-corrected chi connectivity index (χ3v) is 5.77. The molecular formula is C11H19N3O4S. The molecule has 1 saturated carbocycles. The lowest BCUT2D eigenvalue weighted by Crippen LogP contribution is -2.55. The van der Waals surface area contributed by atoms with Crippen molar-refractivity contribution in [2.45, 2.75) is 25.7 Å². The predicted octanol–water partition coefficient (Wildman–Crippen LogP) is -0.450. The molecule has 0 aromatic heterocycles. The Kier molecular flexibility index (Phi) is 3.71. The molecule has 0 bridgehead atoms. The zero-order valence-electron chi connectivity index (χ0n) is 10.7. The Labute approximate surface area is 112 Å². The van der Waals surface area contributed by atoms with Gasteiger partial charge < -0.3 is 15.8 Å². The van der Waals surface area contributed by atoms with Crippen LogP contribution < -0.4 is 5.73 Å². The minimum absolute atomic E-state index is 0.00894. The van der Waals surface area contributed by atoms with Gasteiger partial charge in [-0.15, -0.1) is 0 Å². The number of sulfone groups is 1. The van der Waals surface area contributed by atoms with Crippen molar-refractivity contribution in [2.75, 3.05) is 24.6 Å². The Morgan fingerprint density at radius 1 is 1.21 bits per heavy atom. The van der Waals surface area contributed by atoms with Crippen molar-refractivity contribution in [1.29, 1.82) is 0 Å². The summed E-state index contributed by atoms with van der Waals surface area (Å²) in [6.07, 6.45) is 2.42. The van der Waals surface area contributed by atoms with Gasteiger partial charge in [0.2, 0.25) is 5.91 Å². The Hall–Kier alpha value is -1.31. The van der Waals surface area contributed by atoms with Crippen LogP contribution in [-0.2, 0) is 14.6 Å². The van der Waals surface area contributed by atoms with E-state index in [-0.39, 0.29) is 29.8 Å². The van der Waals surface area contributed by atoms with Crippen LogP contribution in [-0.4, -0.2) is 54.9 Å². The first-order valence-corrected chi connectivity index (χ1v) is 8.21. The van der Waals surface area contributed by atoms with Crippen molar-refractivity contribution < 1.29 is 18.4 Å². The van der Waals surface area contributed by atoms with Crippen LogP contribution >= 0.6 is 0 Å². The van der Waals surface area contributed by atoms with E-state index in [4.69, 9.17) is 10.9 Å². The van der Waals surface area contributed by atoms with E-state index in [9.17, 15) is 13.2 Å². The third-order valence-electron chi connectivity index (χ3n) is 4.06. The highest BCUT2D eigenvalue weighted by molar-refractivity contribution is 7.91. The first-order valence-electron chi connectivity index (χ1n) is 6.39. The number of amidine groups is 1. The summed E-state index contributed by atoms with van der Waals surface area (Å²) in [6.45, 7) is 0.611. The van der Waals surface area contributed by atoms with E-state index in [2.05, 4.69) is 5.16 Å². The summed E-state index contributed by atoms with van der Waals surface area (Å²) in [4.78, 5) is 14.1. The highest BCUT2D eigenvalue weighted by atomic mass is 32.2. The number of hydrogen-bond acceptors (Lipinski definition) is 5. The highest BCUT2D eigenvalue weighted by Crippen LogP contribution is 2.43. The van der Waals surface area contributed by atoms with Crippen molar-refractivity contribution in [1.82, 2.24) is 4.90 Å². The standard InChI is InChI=1S/C11H19N3O4S/c12-9(13-16)11(3-1-4-11)10(15)14-5-2-7-19(17,18)8-6-14/h16H,1-8H2,(H2,12,13). The van der Waals surface area contributed by atoms with Gasteiger partial charge >= 0.3 is 0 Å². The molecule has 0 atom stereocenters. The van der Waals surface area contributed by atoms with Crippen molar-refractivity contribution >= 4 is 21.6 Å². The van der Waals surface area contributed by atoms with Crippen LogP contribution in [0.1, 0.15) is 25.7 Å². The molecule has 1 amide bonds. The molecule has 2 rings (SSSR count). The van der Waals surface area contributed by atoms with Gasteiger partial charge in [-0.3, -0.25) is 4.79 Å². The Morgan fingerprint density at radius 2 is 1.89 bits per heavy atom. The van der Waals surface area contributed by atoms with Gasteiger partial charge in [-0.2, -0.15) is 0 Å². The second-order valence-corrected chi connectivity index (χ2v) is 7.52. The van der Waals surface area contributed by atoms with Crippen LogP contribution in [0.3, 0.4) is 0 Å². The fourth-order valence-corrected chi connectivity index (χ4v) is 3.92. The van der Waals surface area contributed by atoms with Gasteiger partial charge in [0.15, 0.2) is 15.7 Å². The normalized spacial score (nSPS) is 26.3. The van der Waals surface area contributed by atoms with Gasteiger partial charge in [0.05, 0.1) is 11.5 Å². The maximum absolute atomic E-state index is 12.5. The largest absolute Gasteiger partial charge is 0.409 e. The molecule has 19 heavy (non-hydrogen) atoms. The van der Waals surface area contributed by atoms with Gasteiger partial charge in [-0.1, -0.05) is 11.6 Å². The Balaban J connectivity index is 2.15. The molecule has 1 heterocycles. The first-order chi connectivity index (χ1) is 8.91. The molecule has 8 heteroatoms. The van der Waals surface area contributed by atoms with Crippen molar-refractivity contribution in [3.8, 4) is 0 Å². The minimum atomic E-state index is -3.05. The fourth-order valence-electron chi connectivity index (χ4n) is 2.65. The first kappa shape index (κ1) is 14.1. The second kappa shape index (κ2) is 4.99. The van der Waals surface area contributed by atoms with Crippen LogP contribution in [0.15, 0.2) is 5.16 Å². The minimum Gasteiger partial charge on any atom is -0.409 e. The molecule has 0 spiro atoms. The summed E-state index contributed by atoms with van der Waals surface area (Å²) in [5, 5.41) is 11.8. The zero-order chi connectivity index (χ0) is 14.1. The molecule has 2 aliphatic rings. The summed E-state index contributed by atoms with van der Waals surface area (Å²) in [5.41, 5.74) is 4.73. The molecule has 1 saturated heterocycles. The summed E-state index contributed by atoms with van der Waals surface area (Å²) < 4.78 is 23.1. The Morgan fingerprint density at radius 3 is 2.42 bits per heavy atom. The molecule has 108 valence electrons. The lowest BCUT2D eigenvalue weighted by molar-refractivity contribution is -0.141.